The van der Waals surface area contributed by atoms with E-state index < -0.39 is 10.0 Å². The summed E-state index contributed by atoms with van der Waals surface area (Å²) in [5.41, 5.74) is 7.32. The molecule has 1 aromatic carbocycles. The van der Waals surface area contributed by atoms with Crippen LogP contribution in [-0.4, -0.2) is 13.4 Å². The molecule has 0 saturated heterocycles. The molecule has 0 bridgehead atoms. The van der Waals surface area contributed by atoms with E-state index >= 15 is 0 Å². The number of hydrogen-bond acceptors (Lipinski definition) is 5. The summed E-state index contributed by atoms with van der Waals surface area (Å²) in [5, 5.41) is 8.18. The first-order valence-electron chi connectivity index (χ1n) is 5.52. The molecular weight excluding hydrogens is 264 g/mol. The Morgan fingerprint density at radius 1 is 1.16 bits per heavy atom. The van der Waals surface area contributed by atoms with Crippen molar-refractivity contribution in [3.8, 4) is 0 Å². The van der Waals surface area contributed by atoms with Crippen LogP contribution in [0.5, 0.6) is 0 Å². The minimum absolute atomic E-state index is 0.0124. The molecule has 0 unspecified atom stereocenters. The number of sulfonamides is 1. The number of benzene rings is 1. The molecule has 0 atom stereocenters. The predicted molar refractivity (Wildman–Crippen MR) is 73.8 cm³/mol. The Hall–Kier alpha value is -2.12. The zero-order chi connectivity index (χ0) is 13.9. The van der Waals surface area contributed by atoms with Crippen molar-refractivity contribution in [1.82, 2.24) is 4.98 Å². The van der Waals surface area contributed by atoms with Crippen molar-refractivity contribution < 1.29 is 8.42 Å². The largest absolute Gasteiger partial charge is 0.399 e. The summed E-state index contributed by atoms with van der Waals surface area (Å²) >= 11 is 0. The number of primary sulfonamides is 1. The van der Waals surface area contributed by atoms with Crippen molar-refractivity contribution in [3.05, 3.63) is 48.3 Å². The first-order valence-corrected chi connectivity index (χ1v) is 7.06. The van der Waals surface area contributed by atoms with Crippen molar-refractivity contribution in [3.63, 3.8) is 0 Å². The normalized spacial score (nSPS) is 11.2. The molecule has 5 N–H and O–H groups in total. The lowest BCUT2D eigenvalue weighted by molar-refractivity contribution is 0.598. The van der Waals surface area contributed by atoms with Crippen LogP contribution in [0.3, 0.4) is 0 Å². The summed E-state index contributed by atoms with van der Waals surface area (Å²) < 4.78 is 23.0. The molecule has 0 spiro atoms. The maximum atomic E-state index is 11.5. The summed E-state index contributed by atoms with van der Waals surface area (Å²) in [7, 11) is -3.82. The van der Waals surface area contributed by atoms with E-state index in [0.717, 1.165) is 5.56 Å². The molecule has 0 aliphatic heterocycles. The van der Waals surface area contributed by atoms with Gasteiger partial charge in [-0.2, -0.15) is 0 Å². The van der Waals surface area contributed by atoms with Crippen molar-refractivity contribution in [2.24, 2.45) is 5.14 Å². The molecule has 7 heteroatoms. The quantitative estimate of drug-likeness (QED) is 0.720. The molecule has 1 heterocycles. The molecule has 0 saturated carbocycles. The van der Waals surface area contributed by atoms with Gasteiger partial charge in [-0.15, -0.1) is 0 Å². The third-order valence-electron chi connectivity index (χ3n) is 2.54. The van der Waals surface area contributed by atoms with Gasteiger partial charge >= 0.3 is 0 Å². The van der Waals surface area contributed by atoms with Gasteiger partial charge < -0.3 is 11.1 Å². The highest BCUT2D eigenvalue weighted by atomic mass is 32.2. The first-order chi connectivity index (χ1) is 8.97. The van der Waals surface area contributed by atoms with E-state index in [1.165, 1.54) is 6.07 Å². The fourth-order valence-electron chi connectivity index (χ4n) is 1.62. The van der Waals surface area contributed by atoms with Crippen molar-refractivity contribution in [2.45, 2.75) is 11.4 Å². The monoisotopic (exact) mass is 278 g/mol. The van der Waals surface area contributed by atoms with Gasteiger partial charge in [0.05, 0.1) is 5.69 Å². The van der Waals surface area contributed by atoms with Gasteiger partial charge in [0, 0.05) is 24.6 Å². The highest BCUT2D eigenvalue weighted by molar-refractivity contribution is 7.89. The number of nitrogen functional groups attached to an aromatic ring is 1. The summed E-state index contributed by atoms with van der Waals surface area (Å²) in [6, 6.07) is 8.21. The smallest absolute Gasteiger partial charge is 0.240 e. The van der Waals surface area contributed by atoms with Crippen LogP contribution in [0.4, 0.5) is 11.4 Å². The van der Waals surface area contributed by atoms with Crippen molar-refractivity contribution in [2.75, 3.05) is 11.1 Å². The number of nitrogens with two attached hydrogens (primary N) is 2. The third kappa shape index (κ3) is 3.43. The average molecular weight is 278 g/mol. The number of nitrogens with one attached hydrogen (secondary N) is 1. The predicted octanol–water partition coefficient (Wildman–Crippen LogP) is 0.923. The van der Waals surface area contributed by atoms with Gasteiger partial charge in [-0.05, 0) is 35.9 Å². The van der Waals surface area contributed by atoms with Crippen LogP contribution < -0.4 is 16.2 Å². The van der Waals surface area contributed by atoms with Crippen LogP contribution >= 0.6 is 0 Å². The standard InChI is InChI=1S/C12H14N4O2S/c13-10-1-2-11(12(7-10)19(14,17)18)16-8-9-3-5-15-6-4-9/h1-7,16H,8,13H2,(H2,14,17,18). The zero-order valence-electron chi connectivity index (χ0n) is 10.1. The minimum atomic E-state index is -3.82. The molecule has 0 aliphatic rings. The van der Waals surface area contributed by atoms with Crippen LogP contribution in [-0.2, 0) is 16.6 Å². The molecule has 2 aromatic rings. The van der Waals surface area contributed by atoms with Crippen LogP contribution in [0.15, 0.2) is 47.6 Å². The maximum absolute atomic E-state index is 11.5. The Kier molecular flexibility index (Phi) is 3.68. The Morgan fingerprint density at radius 2 is 1.84 bits per heavy atom. The number of pyridine rings is 1. The van der Waals surface area contributed by atoms with E-state index in [2.05, 4.69) is 10.3 Å². The molecular formula is C12H14N4O2S. The Bertz CT molecular complexity index is 671. The van der Waals surface area contributed by atoms with Crippen LogP contribution in [0.2, 0.25) is 0 Å². The maximum Gasteiger partial charge on any atom is 0.240 e. The first kappa shape index (κ1) is 13.3. The second-order valence-electron chi connectivity index (χ2n) is 4.01. The van der Waals surface area contributed by atoms with Gasteiger partial charge in [-0.1, -0.05) is 0 Å². The van der Waals surface area contributed by atoms with Crippen molar-refractivity contribution >= 4 is 21.4 Å². The fraction of sp³-hybridized carbons (Fsp3) is 0.0833. The zero-order valence-corrected chi connectivity index (χ0v) is 10.9. The Labute approximate surface area is 111 Å². The molecule has 0 radical (unpaired) electrons. The van der Waals surface area contributed by atoms with Crippen LogP contribution in [0.25, 0.3) is 0 Å². The van der Waals surface area contributed by atoms with Crippen LogP contribution in [0.1, 0.15) is 5.56 Å². The van der Waals surface area contributed by atoms with E-state index in [4.69, 9.17) is 10.9 Å². The van der Waals surface area contributed by atoms with E-state index in [9.17, 15) is 8.42 Å². The Morgan fingerprint density at radius 3 is 2.47 bits per heavy atom. The lowest BCUT2D eigenvalue weighted by atomic mass is 10.2. The number of nitrogens with zero attached hydrogens (tertiary/aromatic N) is 1. The topological polar surface area (TPSA) is 111 Å². The molecule has 100 valence electrons. The SMILES string of the molecule is Nc1ccc(NCc2ccncc2)c(S(N)(=O)=O)c1. The number of aromatic nitrogens is 1. The lowest BCUT2D eigenvalue weighted by Crippen LogP contribution is -2.15. The highest BCUT2D eigenvalue weighted by Gasteiger charge is 2.14. The number of hydrogen-bond donors (Lipinski definition) is 3. The Balaban J connectivity index is 2.26. The van der Waals surface area contributed by atoms with Gasteiger partial charge in [0.25, 0.3) is 0 Å². The molecule has 0 fully saturated rings. The van der Waals surface area contributed by atoms with Crippen molar-refractivity contribution in [1.29, 1.82) is 0 Å². The van der Waals surface area contributed by atoms with E-state index in [1.807, 2.05) is 12.1 Å². The van der Waals surface area contributed by atoms with E-state index in [1.54, 1.807) is 24.5 Å². The van der Waals surface area contributed by atoms with E-state index in [0.29, 0.717) is 17.9 Å². The van der Waals surface area contributed by atoms with Gasteiger partial charge in [-0.25, -0.2) is 13.6 Å². The average Bonchev–Trinajstić information content (AvgIpc) is 2.37. The summed E-state index contributed by atoms with van der Waals surface area (Å²) in [5.74, 6) is 0. The number of anilines is 2. The summed E-state index contributed by atoms with van der Waals surface area (Å²) in [4.78, 5) is 3.90. The van der Waals surface area contributed by atoms with Gasteiger partial charge in [-0.3, -0.25) is 4.98 Å². The van der Waals surface area contributed by atoms with Crippen LogP contribution in [0, 0.1) is 0 Å². The van der Waals surface area contributed by atoms with Gasteiger partial charge in [0.15, 0.2) is 0 Å². The molecule has 0 amide bonds. The lowest BCUT2D eigenvalue weighted by Gasteiger charge is -2.11. The second kappa shape index (κ2) is 5.25. The molecule has 2 rings (SSSR count). The van der Waals surface area contributed by atoms with E-state index in [-0.39, 0.29) is 4.90 Å². The van der Waals surface area contributed by atoms with Gasteiger partial charge in [0.1, 0.15) is 4.90 Å². The molecule has 6 nitrogen and oxygen atoms in total. The third-order valence-corrected chi connectivity index (χ3v) is 3.50. The molecule has 1 aromatic heterocycles. The summed E-state index contributed by atoms with van der Waals surface area (Å²) in [6.45, 7) is 0.467. The second-order valence-corrected chi connectivity index (χ2v) is 5.54. The van der Waals surface area contributed by atoms with Gasteiger partial charge in [0.2, 0.25) is 10.0 Å². The molecule has 0 aliphatic carbocycles. The molecule has 19 heavy (non-hydrogen) atoms. The summed E-state index contributed by atoms with van der Waals surface area (Å²) in [6.07, 6.45) is 3.33. The minimum Gasteiger partial charge on any atom is -0.399 e. The number of rotatable bonds is 4. The fourth-order valence-corrected chi connectivity index (χ4v) is 2.37. The highest BCUT2D eigenvalue weighted by Crippen LogP contribution is 2.23.